The molecule has 2 atom stereocenters. The number of hydrogen-bond acceptors (Lipinski definition) is 5. The average Bonchev–Trinajstić information content (AvgIpc) is 3.09. The standard InChI is InChI=1S/C21H21N3O6/c25-19-11-10-18(23(19)13-15-4-2-1-3-5-15)20(26)22-17(21(27)28)12-14-6-8-16(9-7-14)24(29)30/h1-9,17-18H,10-13H2,(H,22,26)(H,27,28)/t17-,18-/m0/s1. The highest BCUT2D eigenvalue weighted by atomic mass is 16.6. The minimum atomic E-state index is -1.22. The molecule has 1 fully saturated rings. The smallest absolute Gasteiger partial charge is 0.326 e. The first-order valence-electron chi connectivity index (χ1n) is 9.45. The number of nitrogens with one attached hydrogen (secondary N) is 1. The van der Waals surface area contributed by atoms with E-state index in [4.69, 9.17) is 0 Å². The monoisotopic (exact) mass is 411 g/mol. The van der Waals surface area contributed by atoms with E-state index in [2.05, 4.69) is 5.32 Å². The van der Waals surface area contributed by atoms with Gasteiger partial charge in [0.2, 0.25) is 11.8 Å². The van der Waals surface area contributed by atoms with E-state index in [1.807, 2.05) is 30.3 Å². The summed E-state index contributed by atoms with van der Waals surface area (Å²) in [6, 6.07) is 12.8. The number of nitro groups is 1. The van der Waals surface area contributed by atoms with Gasteiger partial charge in [-0.3, -0.25) is 19.7 Å². The maximum Gasteiger partial charge on any atom is 0.326 e. The summed E-state index contributed by atoms with van der Waals surface area (Å²) in [4.78, 5) is 48.4. The van der Waals surface area contributed by atoms with E-state index in [9.17, 15) is 29.6 Å². The fraction of sp³-hybridized carbons (Fsp3) is 0.286. The number of nitrogens with zero attached hydrogens (tertiary/aromatic N) is 2. The van der Waals surface area contributed by atoms with Crippen molar-refractivity contribution in [3.05, 3.63) is 75.8 Å². The van der Waals surface area contributed by atoms with Gasteiger partial charge in [0, 0.05) is 31.5 Å². The maximum atomic E-state index is 12.8. The number of nitro benzene ring substituents is 1. The Bertz CT molecular complexity index is 945. The predicted molar refractivity (Wildman–Crippen MR) is 106 cm³/mol. The molecule has 3 rings (SSSR count). The third kappa shape index (κ3) is 4.99. The number of carbonyl (C=O) groups excluding carboxylic acids is 2. The van der Waals surface area contributed by atoms with Gasteiger partial charge in [-0.25, -0.2) is 4.79 Å². The molecule has 2 aromatic rings. The van der Waals surface area contributed by atoms with Gasteiger partial charge in [0.1, 0.15) is 12.1 Å². The van der Waals surface area contributed by atoms with Crippen LogP contribution in [0.15, 0.2) is 54.6 Å². The van der Waals surface area contributed by atoms with E-state index in [1.54, 1.807) is 0 Å². The second kappa shape index (κ2) is 9.17. The quantitative estimate of drug-likeness (QED) is 0.504. The third-order valence-electron chi connectivity index (χ3n) is 5.03. The third-order valence-corrected chi connectivity index (χ3v) is 5.03. The molecule has 0 unspecified atom stereocenters. The summed E-state index contributed by atoms with van der Waals surface area (Å²) in [5.74, 6) is -1.90. The highest BCUT2D eigenvalue weighted by Crippen LogP contribution is 2.22. The van der Waals surface area contributed by atoms with Crippen molar-refractivity contribution in [3.8, 4) is 0 Å². The Morgan fingerprint density at radius 1 is 1.13 bits per heavy atom. The molecule has 1 aliphatic rings. The van der Waals surface area contributed by atoms with Crippen LogP contribution in [0.5, 0.6) is 0 Å². The van der Waals surface area contributed by atoms with Gasteiger partial charge in [-0.15, -0.1) is 0 Å². The number of rotatable bonds is 8. The summed E-state index contributed by atoms with van der Waals surface area (Å²) in [5.41, 5.74) is 1.32. The molecule has 0 spiro atoms. The molecule has 2 amide bonds. The largest absolute Gasteiger partial charge is 0.480 e. The molecule has 9 heteroatoms. The van der Waals surface area contributed by atoms with Crippen molar-refractivity contribution in [2.75, 3.05) is 0 Å². The Morgan fingerprint density at radius 3 is 2.40 bits per heavy atom. The summed E-state index contributed by atoms with van der Waals surface area (Å²) in [5, 5.41) is 22.8. The zero-order valence-electron chi connectivity index (χ0n) is 16.1. The zero-order valence-corrected chi connectivity index (χ0v) is 16.1. The van der Waals surface area contributed by atoms with Crippen LogP contribution < -0.4 is 5.32 Å². The Labute approximate surface area is 172 Å². The van der Waals surface area contributed by atoms with Gasteiger partial charge in [-0.05, 0) is 17.5 Å². The van der Waals surface area contributed by atoms with E-state index in [1.165, 1.54) is 29.2 Å². The molecule has 0 radical (unpaired) electrons. The van der Waals surface area contributed by atoms with Crippen LogP contribution >= 0.6 is 0 Å². The van der Waals surface area contributed by atoms with E-state index in [-0.39, 0.29) is 31.0 Å². The molecule has 30 heavy (non-hydrogen) atoms. The lowest BCUT2D eigenvalue weighted by molar-refractivity contribution is -0.384. The molecular formula is C21H21N3O6. The van der Waals surface area contributed by atoms with Crippen LogP contribution in [0.25, 0.3) is 0 Å². The van der Waals surface area contributed by atoms with Gasteiger partial charge in [0.15, 0.2) is 0 Å². The number of aliphatic carboxylic acids is 1. The first-order valence-corrected chi connectivity index (χ1v) is 9.45. The lowest BCUT2D eigenvalue weighted by Gasteiger charge is -2.25. The molecule has 1 heterocycles. The number of non-ortho nitro benzene ring substituents is 1. The van der Waals surface area contributed by atoms with Crippen LogP contribution in [0.1, 0.15) is 24.0 Å². The van der Waals surface area contributed by atoms with Crippen molar-refractivity contribution in [3.63, 3.8) is 0 Å². The lowest BCUT2D eigenvalue weighted by atomic mass is 10.0. The zero-order chi connectivity index (χ0) is 21.7. The number of carboxylic acid groups (broad SMARTS) is 1. The minimum absolute atomic E-state index is 0.0293. The van der Waals surface area contributed by atoms with Gasteiger partial charge in [0.25, 0.3) is 5.69 Å². The summed E-state index contributed by atoms with van der Waals surface area (Å²) < 4.78 is 0. The molecular weight excluding hydrogens is 390 g/mol. The number of likely N-dealkylation sites (tertiary alicyclic amines) is 1. The second-order valence-electron chi connectivity index (χ2n) is 7.09. The van der Waals surface area contributed by atoms with E-state index in [0.717, 1.165) is 5.56 Å². The molecule has 1 aliphatic heterocycles. The molecule has 156 valence electrons. The van der Waals surface area contributed by atoms with E-state index < -0.39 is 28.9 Å². The molecule has 2 aromatic carbocycles. The first kappa shape index (κ1) is 21.0. The van der Waals surface area contributed by atoms with Gasteiger partial charge >= 0.3 is 5.97 Å². The molecule has 0 saturated carbocycles. The van der Waals surface area contributed by atoms with Gasteiger partial charge < -0.3 is 15.3 Å². The summed E-state index contributed by atoms with van der Waals surface area (Å²) in [7, 11) is 0. The van der Waals surface area contributed by atoms with E-state index >= 15 is 0 Å². The summed E-state index contributed by atoms with van der Waals surface area (Å²) in [6.45, 7) is 0.276. The summed E-state index contributed by atoms with van der Waals surface area (Å²) >= 11 is 0. The van der Waals surface area contributed by atoms with Gasteiger partial charge in [-0.1, -0.05) is 42.5 Å². The summed E-state index contributed by atoms with van der Waals surface area (Å²) in [6.07, 6.45) is 0.519. The maximum absolute atomic E-state index is 12.8. The molecule has 0 aromatic heterocycles. The van der Waals surface area contributed by atoms with Crippen LogP contribution in [-0.4, -0.2) is 44.8 Å². The van der Waals surface area contributed by atoms with Gasteiger partial charge in [0.05, 0.1) is 4.92 Å². The van der Waals surface area contributed by atoms with Crippen molar-refractivity contribution in [1.82, 2.24) is 10.2 Å². The predicted octanol–water partition coefficient (Wildman–Crippen LogP) is 1.90. The Hall–Kier alpha value is -3.75. The van der Waals surface area contributed by atoms with Crippen LogP contribution in [0.2, 0.25) is 0 Å². The van der Waals surface area contributed by atoms with Crippen LogP contribution in [0.3, 0.4) is 0 Å². The van der Waals surface area contributed by atoms with Crippen LogP contribution in [0, 0.1) is 10.1 Å². The number of hydrogen-bond donors (Lipinski definition) is 2. The highest BCUT2D eigenvalue weighted by molar-refractivity contribution is 5.93. The highest BCUT2D eigenvalue weighted by Gasteiger charge is 2.37. The lowest BCUT2D eigenvalue weighted by Crippen LogP contribution is -2.50. The van der Waals surface area contributed by atoms with Gasteiger partial charge in [-0.2, -0.15) is 0 Å². The fourth-order valence-electron chi connectivity index (χ4n) is 3.44. The van der Waals surface area contributed by atoms with E-state index in [0.29, 0.717) is 12.0 Å². The van der Waals surface area contributed by atoms with Crippen molar-refractivity contribution in [2.45, 2.75) is 37.9 Å². The first-order chi connectivity index (χ1) is 14.3. The number of carbonyl (C=O) groups is 3. The molecule has 0 aliphatic carbocycles. The Morgan fingerprint density at radius 2 is 1.80 bits per heavy atom. The van der Waals surface area contributed by atoms with Crippen molar-refractivity contribution in [1.29, 1.82) is 0 Å². The number of benzene rings is 2. The minimum Gasteiger partial charge on any atom is -0.480 e. The van der Waals surface area contributed by atoms with Crippen molar-refractivity contribution < 1.29 is 24.4 Å². The van der Waals surface area contributed by atoms with Crippen molar-refractivity contribution >= 4 is 23.5 Å². The second-order valence-corrected chi connectivity index (χ2v) is 7.09. The fourth-order valence-corrected chi connectivity index (χ4v) is 3.44. The normalized spacial score (nSPS) is 16.9. The number of amides is 2. The topological polar surface area (TPSA) is 130 Å². The van der Waals surface area contributed by atoms with Crippen LogP contribution in [0.4, 0.5) is 5.69 Å². The molecule has 2 N–H and O–H groups in total. The molecule has 9 nitrogen and oxygen atoms in total. The SMILES string of the molecule is O=C(O)[C@H](Cc1ccc([N+](=O)[O-])cc1)NC(=O)[C@@H]1CCC(=O)N1Cc1ccccc1. The molecule has 0 bridgehead atoms. The van der Waals surface area contributed by atoms with Crippen LogP contribution in [-0.2, 0) is 27.3 Å². The Kier molecular flexibility index (Phi) is 6.41. The number of carboxylic acids is 1. The average molecular weight is 411 g/mol. The Balaban J connectivity index is 1.68. The van der Waals surface area contributed by atoms with Crippen molar-refractivity contribution in [2.24, 2.45) is 0 Å². The molecule has 1 saturated heterocycles.